The Labute approximate surface area is 112 Å². The minimum Gasteiger partial charge on any atom is -0.399 e. The highest BCUT2D eigenvalue weighted by molar-refractivity contribution is 7.88. The van der Waals surface area contributed by atoms with Crippen molar-refractivity contribution < 1.29 is 13.2 Å². The third kappa shape index (κ3) is 3.45. The minimum atomic E-state index is -3.53. The summed E-state index contributed by atoms with van der Waals surface area (Å²) in [6.45, 7) is 0.577. The number of carbonyl (C=O) groups is 1. The lowest BCUT2D eigenvalue weighted by Crippen LogP contribution is -2.41. The summed E-state index contributed by atoms with van der Waals surface area (Å²) in [4.78, 5) is 13.2. The topological polar surface area (TPSA) is 92.5 Å². The van der Waals surface area contributed by atoms with Crippen LogP contribution in [-0.4, -0.2) is 38.9 Å². The number of nitrogens with zero attached hydrogens (tertiary/aromatic N) is 1. The molecule has 0 radical (unpaired) electrons. The lowest BCUT2D eigenvalue weighted by molar-refractivity contribution is -0.127. The highest BCUT2D eigenvalue weighted by Gasteiger charge is 2.32. The van der Waals surface area contributed by atoms with Crippen LogP contribution < -0.4 is 10.5 Å². The van der Waals surface area contributed by atoms with Crippen molar-refractivity contribution in [3.8, 4) is 0 Å². The summed E-state index contributed by atoms with van der Waals surface area (Å²) in [6.07, 6.45) is 0.510. The summed E-state index contributed by atoms with van der Waals surface area (Å²) < 4.78 is 26.4. The molecular weight excluding hydrogens is 266 g/mol. The predicted molar refractivity (Wildman–Crippen MR) is 72.7 cm³/mol. The van der Waals surface area contributed by atoms with Crippen molar-refractivity contribution in [2.75, 3.05) is 19.3 Å². The number of amides is 1. The number of anilines is 1. The van der Waals surface area contributed by atoms with Gasteiger partial charge in [0.2, 0.25) is 15.9 Å². The zero-order chi connectivity index (χ0) is 14.0. The Morgan fingerprint density at radius 2 is 2.00 bits per heavy atom. The van der Waals surface area contributed by atoms with Crippen molar-refractivity contribution in [3.63, 3.8) is 0 Å². The first-order valence-electron chi connectivity index (χ1n) is 5.97. The van der Waals surface area contributed by atoms with Crippen molar-refractivity contribution in [2.45, 2.75) is 18.2 Å². The monoisotopic (exact) mass is 283 g/mol. The molecule has 1 aromatic rings. The number of sulfonamides is 1. The largest absolute Gasteiger partial charge is 0.399 e. The number of hydrogen-bond donors (Lipinski definition) is 2. The van der Waals surface area contributed by atoms with Gasteiger partial charge in [0.15, 0.2) is 0 Å². The van der Waals surface area contributed by atoms with Gasteiger partial charge < -0.3 is 10.6 Å². The van der Waals surface area contributed by atoms with E-state index in [1.165, 1.54) is 4.90 Å². The van der Waals surface area contributed by atoms with E-state index in [9.17, 15) is 13.2 Å². The van der Waals surface area contributed by atoms with Crippen molar-refractivity contribution >= 4 is 21.6 Å². The fourth-order valence-corrected chi connectivity index (χ4v) is 3.39. The maximum atomic E-state index is 12.0. The number of benzene rings is 1. The molecule has 6 nitrogen and oxygen atoms in total. The third-order valence-electron chi connectivity index (χ3n) is 3.09. The van der Waals surface area contributed by atoms with Gasteiger partial charge in [-0.2, -0.15) is 0 Å². The quantitative estimate of drug-likeness (QED) is 0.756. The molecule has 1 amide bonds. The first-order chi connectivity index (χ1) is 8.87. The van der Waals surface area contributed by atoms with E-state index in [0.29, 0.717) is 24.2 Å². The maximum absolute atomic E-state index is 12.0. The van der Waals surface area contributed by atoms with Crippen LogP contribution in [0.2, 0.25) is 0 Å². The molecular formula is C12H17N3O3S. The molecule has 1 aliphatic heterocycles. The molecule has 1 heterocycles. The third-order valence-corrected chi connectivity index (χ3v) is 4.44. The Morgan fingerprint density at radius 3 is 2.53 bits per heavy atom. The van der Waals surface area contributed by atoms with E-state index in [1.807, 2.05) is 0 Å². The van der Waals surface area contributed by atoms with E-state index in [0.717, 1.165) is 0 Å². The molecule has 0 aromatic heterocycles. The van der Waals surface area contributed by atoms with Crippen molar-refractivity contribution in [1.29, 1.82) is 0 Å². The Morgan fingerprint density at radius 1 is 1.37 bits per heavy atom. The molecule has 104 valence electrons. The Kier molecular flexibility index (Phi) is 3.77. The minimum absolute atomic E-state index is 0.152. The van der Waals surface area contributed by atoms with E-state index in [2.05, 4.69) is 4.72 Å². The Bertz CT molecular complexity index is 568. The molecule has 0 saturated carbocycles. The smallest absolute Gasteiger partial charge is 0.240 e. The number of nitrogen functional groups attached to an aromatic ring is 1. The van der Waals surface area contributed by atoms with E-state index in [1.54, 1.807) is 31.3 Å². The van der Waals surface area contributed by atoms with Gasteiger partial charge in [-0.1, -0.05) is 12.1 Å². The molecule has 0 aliphatic carbocycles. The van der Waals surface area contributed by atoms with Crippen LogP contribution in [0, 0.1) is 0 Å². The Hall–Kier alpha value is -1.60. The van der Waals surface area contributed by atoms with E-state index in [4.69, 9.17) is 5.73 Å². The van der Waals surface area contributed by atoms with E-state index < -0.39 is 16.1 Å². The van der Waals surface area contributed by atoms with Crippen LogP contribution in [0.1, 0.15) is 12.0 Å². The van der Waals surface area contributed by atoms with Crippen LogP contribution in [0.3, 0.4) is 0 Å². The van der Waals surface area contributed by atoms with Gasteiger partial charge in [0.05, 0.1) is 5.75 Å². The number of carbonyl (C=O) groups excluding carboxylic acids is 1. The second kappa shape index (κ2) is 5.18. The second-order valence-corrected chi connectivity index (χ2v) is 6.47. The number of likely N-dealkylation sites (N-methyl/N-ethyl adjacent to an activating group) is 1. The average Bonchev–Trinajstić information content (AvgIpc) is 2.63. The van der Waals surface area contributed by atoms with E-state index >= 15 is 0 Å². The molecule has 0 bridgehead atoms. The predicted octanol–water partition coefficient (Wildman–Crippen LogP) is -0.0811. The standard InChI is InChI=1S/C12H17N3O3S/c1-15-7-6-11(12(15)16)14-19(17,18)8-9-2-4-10(13)5-3-9/h2-5,11,14H,6-8,13H2,1H3. The fourth-order valence-electron chi connectivity index (χ4n) is 2.02. The number of nitrogens with two attached hydrogens (primary N) is 1. The Balaban J connectivity index is 2.03. The zero-order valence-electron chi connectivity index (χ0n) is 10.7. The fraction of sp³-hybridized carbons (Fsp3) is 0.417. The van der Waals surface area contributed by atoms with Crippen LogP contribution in [0.25, 0.3) is 0 Å². The van der Waals surface area contributed by atoms with Gasteiger partial charge in [-0.05, 0) is 24.1 Å². The summed E-state index contributed by atoms with van der Waals surface area (Å²) in [6, 6.07) is 6.00. The summed E-state index contributed by atoms with van der Waals surface area (Å²) in [7, 11) is -1.86. The number of likely N-dealkylation sites (tertiary alicyclic amines) is 1. The summed E-state index contributed by atoms with van der Waals surface area (Å²) in [5.74, 6) is -0.332. The first-order valence-corrected chi connectivity index (χ1v) is 7.62. The molecule has 1 fully saturated rings. The van der Waals surface area contributed by atoms with Crippen LogP contribution in [0.5, 0.6) is 0 Å². The molecule has 1 saturated heterocycles. The normalized spacial score (nSPS) is 19.9. The zero-order valence-corrected chi connectivity index (χ0v) is 11.5. The van der Waals surface area contributed by atoms with Crippen LogP contribution in [-0.2, 0) is 20.6 Å². The van der Waals surface area contributed by atoms with Gasteiger partial charge in [0.25, 0.3) is 0 Å². The van der Waals surface area contributed by atoms with Gasteiger partial charge in [0.1, 0.15) is 6.04 Å². The van der Waals surface area contributed by atoms with Crippen LogP contribution >= 0.6 is 0 Å². The van der Waals surface area contributed by atoms with Gasteiger partial charge in [-0.25, -0.2) is 13.1 Å². The first kappa shape index (κ1) is 13.8. The highest BCUT2D eigenvalue weighted by Crippen LogP contribution is 2.13. The van der Waals surface area contributed by atoms with Gasteiger partial charge in [-0.3, -0.25) is 4.79 Å². The van der Waals surface area contributed by atoms with E-state index in [-0.39, 0.29) is 11.7 Å². The van der Waals surface area contributed by atoms with Gasteiger partial charge in [-0.15, -0.1) is 0 Å². The highest BCUT2D eigenvalue weighted by atomic mass is 32.2. The molecule has 3 N–H and O–H groups in total. The summed E-state index contributed by atoms with van der Waals surface area (Å²) >= 11 is 0. The average molecular weight is 283 g/mol. The SMILES string of the molecule is CN1CCC(NS(=O)(=O)Cc2ccc(N)cc2)C1=O. The summed E-state index contributed by atoms with van der Waals surface area (Å²) in [5.41, 5.74) is 6.76. The van der Waals surface area contributed by atoms with Gasteiger partial charge >= 0.3 is 0 Å². The molecule has 1 aromatic carbocycles. The number of nitrogens with one attached hydrogen (secondary N) is 1. The van der Waals surface area contributed by atoms with Crippen LogP contribution in [0.15, 0.2) is 24.3 Å². The molecule has 19 heavy (non-hydrogen) atoms. The van der Waals surface area contributed by atoms with Crippen molar-refractivity contribution in [1.82, 2.24) is 9.62 Å². The van der Waals surface area contributed by atoms with Gasteiger partial charge in [0, 0.05) is 19.3 Å². The number of rotatable bonds is 4. The maximum Gasteiger partial charge on any atom is 0.240 e. The number of hydrogen-bond acceptors (Lipinski definition) is 4. The molecule has 0 spiro atoms. The van der Waals surface area contributed by atoms with Crippen molar-refractivity contribution in [3.05, 3.63) is 29.8 Å². The second-order valence-electron chi connectivity index (χ2n) is 4.72. The molecule has 1 atom stereocenters. The lowest BCUT2D eigenvalue weighted by Gasteiger charge is -2.12. The van der Waals surface area contributed by atoms with Crippen LogP contribution in [0.4, 0.5) is 5.69 Å². The van der Waals surface area contributed by atoms with Crippen molar-refractivity contribution in [2.24, 2.45) is 0 Å². The molecule has 7 heteroatoms. The summed E-state index contributed by atoms with van der Waals surface area (Å²) in [5, 5.41) is 0. The molecule has 1 unspecified atom stereocenters. The molecule has 2 rings (SSSR count). The molecule has 1 aliphatic rings. The lowest BCUT2D eigenvalue weighted by atomic mass is 10.2.